The SMILES string of the molecule is CCOc1cc(/C=C2/C(=O)NC(=S)N(c3ccccc3)C2=O)cc(Br)c1OCC(=O)Nc1ccccc1. The molecule has 37 heavy (non-hydrogen) atoms. The predicted molar refractivity (Wildman–Crippen MR) is 149 cm³/mol. The third-order valence-electron chi connectivity index (χ3n) is 5.16. The third kappa shape index (κ3) is 6.22. The van der Waals surface area contributed by atoms with E-state index in [1.807, 2.05) is 31.2 Å². The molecule has 1 aliphatic heterocycles. The summed E-state index contributed by atoms with van der Waals surface area (Å²) in [5, 5.41) is 5.32. The lowest BCUT2D eigenvalue weighted by Crippen LogP contribution is -2.54. The van der Waals surface area contributed by atoms with Crippen LogP contribution in [0.2, 0.25) is 0 Å². The number of carbonyl (C=O) groups is 3. The van der Waals surface area contributed by atoms with Crippen molar-refractivity contribution in [2.75, 3.05) is 23.4 Å². The number of nitrogens with one attached hydrogen (secondary N) is 2. The van der Waals surface area contributed by atoms with Crippen molar-refractivity contribution in [2.45, 2.75) is 6.92 Å². The van der Waals surface area contributed by atoms with Crippen molar-refractivity contribution >= 4 is 68.4 Å². The highest BCUT2D eigenvalue weighted by molar-refractivity contribution is 9.10. The summed E-state index contributed by atoms with van der Waals surface area (Å²) in [6.45, 7) is 1.88. The Morgan fingerprint density at radius 3 is 2.41 bits per heavy atom. The number of halogens is 1. The van der Waals surface area contributed by atoms with Crippen LogP contribution in [0.15, 0.2) is 82.8 Å². The second-order valence-electron chi connectivity index (χ2n) is 7.76. The van der Waals surface area contributed by atoms with Crippen molar-refractivity contribution in [3.8, 4) is 11.5 Å². The van der Waals surface area contributed by atoms with E-state index in [9.17, 15) is 14.4 Å². The van der Waals surface area contributed by atoms with E-state index in [0.717, 1.165) is 0 Å². The summed E-state index contributed by atoms with van der Waals surface area (Å²) in [5.41, 5.74) is 1.61. The van der Waals surface area contributed by atoms with Crippen molar-refractivity contribution in [3.05, 3.63) is 88.4 Å². The van der Waals surface area contributed by atoms with Gasteiger partial charge in [0.15, 0.2) is 23.2 Å². The van der Waals surface area contributed by atoms with Gasteiger partial charge in [-0.3, -0.25) is 24.6 Å². The lowest BCUT2D eigenvalue weighted by molar-refractivity contribution is -0.122. The van der Waals surface area contributed by atoms with Crippen LogP contribution in [0.1, 0.15) is 12.5 Å². The summed E-state index contributed by atoms with van der Waals surface area (Å²) in [5.74, 6) is -0.830. The maximum atomic E-state index is 13.2. The summed E-state index contributed by atoms with van der Waals surface area (Å²) >= 11 is 8.69. The minimum atomic E-state index is -0.603. The number of hydrogen-bond donors (Lipinski definition) is 2. The smallest absolute Gasteiger partial charge is 0.270 e. The zero-order chi connectivity index (χ0) is 26.4. The van der Waals surface area contributed by atoms with Gasteiger partial charge in [-0.05, 0) is 83.1 Å². The molecule has 0 saturated carbocycles. The third-order valence-corrected chi connectivity index (χ3v) is 6.04. The molecule has 1 aliphatic rings. The number of hydrogen-bond acceptors (Lipinski definition) is 6. The minimum Gasteiger partial charge on any atom is -0.490 e. The Morgan fingerprint density at radius 2 is 1.73 bits per heavy atom. The van der Waals surface area contributed by atoms with E-state index < -0.39 is 11.8 Å². The molecular weight excluding hydrogens is 558 g/mol. The highest BCUT2D eigenvalue weighted by atomic mass is 79.9. The summed E-state index contributed by atoms with van der Waals surface area (Å²) in [6.07, 6.45) is 1.45. The highest BCUT2D eigenvalue weighted by Crippen LogP contribution is 2.38. The number of nitrogens with zero attached hydrogens (tertiary/aromatic N) is 1. The molecule has 1 fully saturated rings. The van der Waals surface area contributed by atoms with Crippen LogP contribution in [-0.2, 0) is 14.4 Å². The second-order valence-corrected chi connectivity index (χ2v) is 9.00. The standard InChI is InChI=1S/C27H22BrN3O5S/c1-2-35-22-15-17(14-21(28)24(22)36-16-23(32)29-18-9-5-3-6-10-18)13-20-25(33)30-27(37)31(26(20)34)19-11-7-4-8-12-19/h3-15H,2,16H2,1H3,(H,29,32)(H,30,33,37)/b20-13-. The first-order valence-corrected chi connectivity index (χ1v) is 12.5. The van der Waals surface area contributed by atoms with Crippen LogP contribution in [0.3, 0.4) is 0 Å². The average Bonchev–Trinajstić information content (AvgIpc) is 2.87. The lowest BCUT2D eigenvalue weighted by Gasteiger charge is -2.28. The molecule has 0 aromatic heterocycles. The zero-order valence-electron chi connectivity index (χ0n) is 19.7. The van der Waals surface area contributed by atoms with Crippen molar-refractivity contribution in [2.24, 2.45) is 0 Å². The van der Waals surface area contributed by atoms with Crippen LogP contribution < -0.4 is 25.0 Å². The van der Waals surface area contributed by atoms with Crippen LogP contribution in [0.25, 0.3) is 6.08 Å². The van der Waals surface area contributed by atoms with E-state index in [-0.39, 0.29) is 23.2 Å². The molecule has 0 spiro atoms. The van der Waals surface area contributed by atoms with Crippen LogP contribution >= 0.6 is 28.1 Å². The van der Waals surface area contributed by atoms with E-state index in [0.29, 0.717) is 39.5 Å². The Bertz CT molecular complexity index is 1380. The maximum Gasteiger partial charge on any atom is 0.270 e. The van der Waals surface area contributed by atoms with Crippen LogP contribution in [-0.4, -0.2) is 36.0 Å². The van der Waals surface area contributed by atoms with Crippen LogP contribution in [0.4, 0.5) is 11.4 Å². The molecule has 0 unspecified atom stereocenters. The number of amides is 3. The fourth-order valence-electron chi connectivity index (χ4n) is 3.57. The van der Waals surface area contributed by atoms with Gasteiger partial charge in [0.1, 0.15) is 5.57 Å². The Morgan fingerprint density at radius 1 is 1.05 bits per heavy atom. The van der Waals surface area contributed by atoms with E-state index in [2.05, 4.69) is 26.6 Å². The van der Waals surface area contributed by atoms with Crippen LogP contribution in [0, 0.1) is 0 Å². The number of ether oxygens (including phenoxy) is 2. The zero-order valence-corrected chi connectivity index (χ0v) is 22.1. The Labute approximate surface area is 227 Å². The number of benzene rings is 3. The molecule has 4 rings (SSSR count). The molecule has 3 aromatic carbocycles. The first kappa shape index (κ1) is 26.1. The van der Waals surface area contributed by atoms with E-state index in [1.54, 1.807) is 48.5 Å². The Kier molecular flexibility index (Phi) is 8.32. The van der Waals surface area contributed by atoms with E-state index >= 15 is 0 Å². The number of carbonyl (C=O) groups excluding carboxylic acids is 3. The average molecular weight is 580 g/mol. The van der Waals surface area contributed by atoms with Gasteiger partial charge in [-0.15, -0.1) is 0 Å². The van der Waals surface area contributed by atoms with Gasteiger partial charge in [0, 0.05) is 5.69 Å². The molecule has 10 heteroatoms. The van der Waals surface area contributed by atoms with Gasteiger partial charge >= 0.3 is 0 Å². The molecule has 0 bridgehead atoms. The predicted octanol–water partition coefficient (Wildman–Crippen LogP) is 4.70. The molecule has 3 aromatic rings. The van der Waals surface area contributed by atoms with Gasteiger partial charge in [0.2, 0.25) is 0 Å². The minimum absolute atomic E-state index is 0.00654. The normalized spacial score (nSPS) is 14.4. The highest BCUT2D eigenvalue weighted by Gasteiger charge is 2.34. The summed E-state index contributed by atoms with van der Waals surface area (Å²) < 4.78 is 12.0. The molecule has 1 saturated heterocycles. The summed E-state index contributed by atoms with van der Waals surface area (Å²) in [4.78, 5) is 39.5. The van der Waals surface area contributed by atoms with Crippen molar-refractivity contribution in [1.82, 2.24) is 5.32 Å². The van der Waals surface area contributed by atoms with E-state index in [4.69, 9.17) is 21.7 Å². The molecule has 0 aliphatic carbocycles. The van der Waals surface area contributed by atoms with Crippen LogP contribution in [0.5, 0.6) is 11.5 Å². The fourth-order valence-corrected chi connectivity index (χ4v) is 4.42. The first-order valence-electron chi connectivity index (χ1n) is 11.3. The largest absolute Gasteiger partial charge is 0.490 e. The number of thiocarbonyl (C=S) groups is 1. The number of rotatable bonds is 8. The molecule has 0 atom stereocenters. The molecule has 188 valence electrons. The first-order chi connectivity index (χ1) is 17.9. The fraction of sp³-hybridized carbons (Fsp3) is 0.111. The van der Waals surface area contributed by atoms with E-state index in [1.165, 1.54) is 11.0 Å². The molecule has 2 N–H and O–H groups in total. The Balaban J connectivity index is 1.58. The van der Waals surface area contributed by atoms with Gasteiger partial charge in [0.05, 0.1) is 16.8 Å². The molecule has 1 heterocycles. The van der Waals surface area contributed by atoms with Crippen molar-refractivity contribution in [1.29, 1.82) is 0 Å². The monoisotopic (exact) mass is 579 g/mol. The Hall–Kier alpha value is -4.02. The second kappa shape index (κ2) is 11.8. The maximum absolute atomic E-state index is 13.2. The van der Waals surface area contributed by atoms with Gasteiger partial charge < -0.3 is 14.8 Å². The lowest BCUT2D eigenvalue weighted by atomic mass is 10.1. The molecule has 3 amide bonds. The van der Waals surface area contributed by atoms with Gasteiger partial charge in [-0.2, -0.15) is 0 Å². The quantitative estimate of drug-likeness (QED) is 0.228. The van der Waals surface area contributed by atoms with Gasteiger partial charge in [-0.1, -0.05) is 36.4 Å². The number of para-hydroxylation sites is 2. The van der Waals surface area contributed by atoms with Gasteiger partial charge in [-0.25, -0.2) is 0 Å². The number of anilines is 2. The topological polar surface area (TPSA) is 97.0 Å². The summed E-state index contributed by atoms with van der Waals surface area (Å²) in [7, 11) is 0. The van der Waals surface area contributed by atoms with Gasteiger partial charge in [0.25, 0.3) is 17.7 Å². The molecular formula is C27H22BrN3O5S. The molecule has 0 radical (unpaired) electrons. The summed E-state index contributed by atoms with van der Waals surface area (Å²) in [6, 6.07) is 21.1. The van der Waals surface area contributed by atoms with Crippen molar-refractivity contribution in [3.63, 3.8) is 0 Å². The molecule has 8 nitrogen and oxygen atoms in total. The van der Waals surface area contributed by atoms with Crippen molar-refractivity contribution < 1.29 is 23.9 Å².